The monoisotopic (exact) mass is 261 g/mol. The first-order valence-electron chi connectivity index (χ1n) is 3.92. The maximum absolute atomic E-state index is 5.61. The molecule has 2 rings (SSSR count). The molecule has 8 heteroatoms. The first-order chi connectivity index (χ1) is 7.24. The Balaban J connectivity index is 2.05. The number of thiazole rings is 1. The highest BCUT2D eigenvalue weighted by molar-refractivity contribution is 7.09. The molecule has 0 aliphatic rings. The SMILES string of the molecule is Clc1nc(Cl)nc(NCc2cncs2)n1. The highest BCUT2D eigenvalue weighted by Gasteiger charge is 2.02. The maximum Gasteiger partial charge on any atom is 0.228 e. The molecule has 0 radical (unpaired) electrons. The van der Waals surface area contributed by atoms with Gasteiger partial charge in [0.05, 0.1) is 12.1 Å². The molecular formula is C7H5Cl2N5S. The van der Waals surface area contributed by atoms with Gasteiger partial charge in [0.15, 0.2) is 0 Å². The summed E-state index contributed by atoms with van der Waals surface area (Å²) in [4.78, 5) is 16.4. The number of hydrogen-bond acceptors (Lipinski definition) is 6. The smallest absolute Gasteiger partial charge is 0.228 e. The lowest BCUT2D eigenvalue weighted by molar-refractivity contribution is 1.01. The molecule has 78 valence electrons. The fourth-order valence-electron chi connectivity index (χ4n) is 0.901. The minimum Gasteiger partial charge on any atom is -0.349 e. The lowest BCUT2D eigenvalue weighted by Gasteiger charge is -2.02. The fourth-order valence-corrected chi connectivity index (χ4v) is 1.80. The number of nitrogens with zero attached hydrogens (tertiary/aromatic N) is 4. The molecule has 2 heterocycles. The summed E-state index contributed by atoms with van der Waals surface area (Å²) in [6.07, 6.45) is 1.77. The summed E-state index contributed by atoms with van der Waals surface area (Å²) in [7, 11) is 0. The Hall–Kier alpha value is -0.980. The molecule has 0 saturated carbocycles. The number of nitrogens with one attached hydrogen (secondary N) is 1. The van der Waals surface area contributed by atoms with Crippen LogP contribution in [0.5, 0.6) is 0 Å². The number of rotatable bonds is 3. The molecule has 0 bridgehead atoms. The zero-order valence-electron chi connectivity index (χ0n) is 7.31. The van der Waals surface area contributed by atoms with Crippen molar-refractivity contribution in [1.82, 2.24) is 19.9 Å². The Morgan fingerprint density at radius 1 is 1.20 bits per heavy atom. The molecule has 5 nitrogen and oxygen atoms in total. The van der Waals surface area contributed by atoms with Crippen molar-refractivity contribution < 1.29 is 0 Å². The van der Waals surface area contributed by atoms with Crippen molar-refractivity contribution in [2.45, 2.75) is 6.54 Å². The van der Waals surface area contributed by atoms with E-state index in [1.807, 2.05) is 0 Å². The first kappa shape index (κ1) is 10.5. The van der Waals surface area contributed by atoms with Crippen LogP contribution >= 0.6 is 34.5 Å². The first-order valence-corrected chi connectivity index (χ1v) is 5.56. The summed E-state index contributed by atoms with van der Waals surface area (Å²) in [6, 6.07) is 0. The fraction of sp³-hybridized carbons (Fsp3) is 0.143. The van der Waals surface area contributed by atoms with Gasteiger partial charge >= 0.3 is 0 Å². The van der Waals surface area contributed by atoms with Crippen LogP contribution in [0, 0.1) is 0 Å². The Kier molecular flexibility index (Phi) is 3.30. The van der Waals surface area contributed by atoms with Crippen LogP contribution in [0.15, 0.2) is 11.7 Å². The summed E-state index contributed by atoms with van der Waals surface area (Å²) < 4.78 is 0. The largest absolute Gasteiger partial charge is 0.349 e. The third-order valence-electron chi connectivity index (χ3n) is 1.49. The lowest BCUT2D eigenvalue weighted by Crippen LogP contribution is -2.03. The Bertz CT molecular complexity index is 426. The van der Waals surface area contributed by atoms with Crippen molar-refractivity contribution in [3.05, 3.63) is 27.2 Å². The van der Waals surface area contributed by atoms with Gasteiger partial charge in [0.1, 0.15) is 0 Å². The minimum atomic E-state index is 0.0711. The predicted molar refractivity (Wildman–Crippen MR) is 59.3 cm³/mol. The van der Waals surface area contributed by atoms with E-state index in [-0.39, 0.29) is 10.6 Å². The van der Waals surface area contributed by atoms with Gasteiger partial charge in [0, 0.05) is 11.1 Å². The zero-order valence-corrected chi connectivity index (χ0v) is 9.64. The summed E-state index contributed by atoms with van der Waals surface area (Å²) >= 11 is 12.8. The molecule has 1 N–H and O–H groups in total. The third kappa shape index (κ3) is 2.98. The number of anilines is 1. The maximum atomic E-state index is 5.61. The van der Waals surface area contributed by atoms with Crippen LogP contribution < -0.4 is 5.32 Å². The van der Waals surface area contributed by atoms with Crippen LogP contribution in [0.3, 0.4) is 0 Å². The number of hydrogen-bond donors (Lipinski definition) is 1. The second-order valence-electron chi connectivity index (χ2n) is 2.52. The molecule has 0 fully saturated rings. The van der Waals surface area contributed by atoms with Crippen molar-refractivity contribution in [3.63, 3.8) is 0 Å². The van der Waals surface area contributed by atoms with E-state index in [2.05, 4.69) is 25.3 Å². The minimum absolute atomic E-state index is 0.0711. The van der Waals surface area contributed by atoms with E-state index in [9.17, 15) is 0 Å². The molecule has 0 saturated heterocycles. The number of aromatic nitrogens is 4. The third-order valence-corrected chi connectivity index (χ3v) is 2.60. The molecule has 2 aromatic rings. The van der Waals surface area contributed by atoms with Crippen molar-refractivity contribution in [1.29, 1.82) is 0 Å². The van der Waals surface area contributed by atoms with Crippen LogP contribution in [0.1, 0.15) is 4.88 Å². The molecule has 0 unspecified atom stereocenters. The highest BCUT2D eigenvalue weighted by atomic mass is 35.5. The van der Waals surface area contributed by atoms with Gasteiger partial charge in [-0.05, 0) is 23.2 Å². The Morgan fingerprint density at radius 2 is 1.93 bits per heavy atom. The predicted octanol–water partition coefficient (Wildman–Crippen LogP) is 2.25. The number of halogens is 2. The molecule has 0 atom stereocenters. The quantitative estimate of drug-likeness (QED) is 0.919. The average molecular weight is 262 g/mol. The van der Waals surface area contributed by atoms with Gasteiger partial charge in [-0.25, -0.2) is 0 Å². The van der Waals surface area contributed by atoms with Gasteiger partial charge in [-0.1, -0.05) is 0 Å². The second kappa shape index (κ2) is 4.69. The van der Waals surface area contributed by atoms with E-state index in [1.54, 1.807) is 11.7 Å². The molecule has 0 aliphatic heterocycles. The lowest BCUT2D eigenvalue weighted by atomic mass is 10.5. The molecule has 0 aliphatic carbocycles. The van der Waals surface area contributed by atoms with Crippen LogP contribution in [0.2, 0.25) is 10.6 Å². The van der Waals surface area contributed by atoms with Gasteiger partial charge < -0.3 is 5.32 Å². The van der Waals surface area contributed by atoms with Gasteiger partial charge in [-0.2, -0.15) is 15.0 Å². The Labute approximate surface area is 99.5 Å². The van der Waals surface area contributed by atoms with Crippen molar-refractivity contribution in [3.8, 4) is 0 Å². The summed E-state index contributed by atoms with van der Waals surface area (Å²) in [6.45, 7) is 0.585. The van der Waals surface area contributed by atoms with E-state index >= 15 is 0 Å². The van der Waals surface area contributed by atoms with Gasteiger partial charge in [0.2, 0.25) is 16.5 Å². The van der Waals surface area contributed by atoms with Crippen LogP contribution in [-0.4, -0.2) is 19.9 Å². The van der Waals surface area contributed by atoms with Gasteiger partial charge in [-0.15, -0.1) is 11.3 Å². The zero-order chi connectivity index (χ0) is 10.7. The van der Waals surface area contributed by atoms with Crippen molar-refractivity contribution in [2.24, 2.45) is 0 Å². The second-order valence-corrected chi connectivity index (χ2v) is 4.17. The van der Waals surface area contributed by atoms with E-state index in [0.717, 1.165) is 4.88 Å². The topological polar surface area (TPSA) is 63.6 Å². The van der Waals surface area contributed by atoms with E-state index in [1.165, 1.54) is 11.3 Å². The van der Waals surface area contributed by atoms with Crippen LogP contribution in [-0.2, 0) is 6.54 Å². The Morgan fingerprint density at radius 3 is 2.53 bits per heavy atom. The summed E-state index contributed by atoms with van der Waals surface area (Å²) in [5.41, 5.74) is 1.75. The van der Waals surface area contributed by atoms with Crippen molar-refractivity contribution >= 4 is 40.5 Å². The van der Waals surface area contributed by atoms with Crippen molar-refractivity contribution in [2.75, 3.05) is 5.32 Å². The van der Waals surface area contributed by atoms with Crippen LogP contribution in [0.4, 0.5) is 5.95 Å². The molecule has 0 aromatic carbocycles. The van der Waals surface area contributed by atoms with Gasteiger partial charge in [-0.3, -0.25) is 4.98 Å². The molecular weight excluding hydrogens is 257 g/mol. The molecule has 0 spiro atoms. The van der Waals surface area contributed by atoms with Gasteiger partial charge in [0.25, 0.3) is 0 Å². The van der Waals surface area contributed by atoms with E-state index < -0.39 is 0 Å². The normalized spacial score (nSPS) is 10.3. The van der Waals surface area contributed by atoms with E-state index in [0.29, 0.717) is 12.5 Å². The summed E-state index contributed by atoms with van der Waals surface area (Å²) in [5.74, 6) is 0.355. The molecule has 2 aromatic heterocycles. The van der Waals surface area contributed by atoms with E-state index in [4.69, 9.17) is 23.2 Å². The average Bonchev–Trinajstić information content (AvgIpc) is 2.65. The highest BCUT2D eigenvalue weighted by Crippen LogP contribution is 2.12. The standard InChI is InChI=1S/C7H5Cl2N5S/c8-5-12-6(9)14-7(13-5)11-2-4-1-10-3-15-4/h1,3H,2H2,(H,11,12,13,14). The van der Waals surface area contributed by atoms with Crippen LogP contribution in [0.25, 0.3) is 0 Å². The molecule has 0 amide bonds. The molecule has 15 heavy (non-hydrogen) atoms. The summed E-state index contributed by atoms with van der Waals surface area (Å²) in [5, 5.41) is 3.11.